The molecule has 0 aliphatic heterocycles. The van der Waals surface area contributed by atoms with E-state index in [1.54, 1.807) is 30.3 Å². The van der Waals surface area contributed by atoms with Gasteiger partial charge in [-0.15, -0.1) is 0 Å². The van der Waals surface area contributed by atoms with Gasteiger partial charge in [-0.25, -0.2) is 0 Å². The zero-order valence-corrected chi connectivity index (χ0v) is 10.9. The largest absolute Gasteiger partial charge is 0.480 e. The number of hydrogen-bond acceptors (Lipinski definition) is 4. The molecule has 1 atom stereocenters. The Kier molecular flexibility index (Phi) is 5.89. The molecule has 108 valence electrons. The van der Waals surface area contributed by atoms with Crippen molar-refractivity contribution in [2.75, 3.05) is 19.6 Å². The third-order valence-electron chi connectivity index (χ3n) is 2.71. The van der Waals surface area contributed by atoms with Gasteiger partial charge >= 0.3 is 11.9 Å². The fraction of sp³-hybridized carbons (Fsp3) is 0.286. The molecule has 0 heterocycles. The van der Waals surface area contributed by atoms with E-state index in [9.17, 15) is 14.7 Å². The van der Waals surface area contributed by atoms with E-state index in [0.717, 1.165) is 10.5 Å². The topological polar surface area (TPSA) is 98.1 Å². The molecule has 0 amide bonds. The minimum absolute atomic E-state index is 0.0635. The van der Waals surface area contributed by atoms with Crippen molar-refractivity contribution in [3.63, 3.8) is 0 Å². The summed E-state index contributed by atoms with van der Waals surface area (Å²) in [6.07, 6.45) is 0.713. The van der Waals surface area contributed by atoms with Gasteiger partial charge < -0.3 is 15.3 Å². The highest BCUT2D eigenvalue weighted by Gasteiger charge is 2.18. The maximum Gasteiger partial charge on any atom is 0.317 e. The van der Waals surface area contributed by atoms with Crippen molar-refractivity contribution in [3.05, 3.63) is 42.0 Å². The highest BCUT2D eigenvalue weighted by Crippen LogP contribution is 2.15. The molecule has 0 spiro atoms. The Bertz CT molecular complexity index is 467. The zero-order chi connectivity index (χ0) is 15.1. The normalized spacial score (nSPS) is 12.1. The number of carbonyl (C=O) groups is 2. The minimum Gasteiger partial charge on any atom is -0.480 e. The molecule has 1 aromatic rings. The van der Waals surface area contributed by atoms with Crippen LogP contribution in [0.1, 0.15) is 17.2 Å². The smallest absolute Gasteiger partial charge is 0.317 e. The fourth-order valence-corrected chi connectivity index (χ4v) is 1.77. The minimum atomic E-state index is -1.14. The maximum atomic E-state index is 10.7. The van der Waals surface area contributed by atoms with Crippen LogP contribution >= 0.6 is 0 Å². The molecular formula is C14H17NO5. The number of aliphatic hydroxyl groups excluding tert-OH is 1. The predicted octanol–water partition coefficient (Wildman–Crippen LogP) is 0.834. The quantitative estimate of drug-likeness (QED) is 0.652. The molecule has 1 rings (SSSR count). The number of carboxylic acid groups (broad SMARTS) is 2. The van der Waals surface area contributed by atoms with Gasteiger partial charge in [-0.05, 0) is 11.1 Å². The van der Waals surface area contributed by atoms with E-state index in [1.165, 1.54) is 0 Å². The van der Waals surface area contributed by atoms with E-state index in [4.69, 9.17) is 10.2 Å². The van der Waals surface area contributed by atoms with Gasteiger partial charge in [0.15, 0.2) is 0 Å². The number of aliphatic carboxylic acids is 2. The molecule has 0 saturated heterocycles. The monoisotopic (exact) mass is 279 g/mol. The van der Waals surface area contributed by atoms with Gasteiger partial charge in [0.1, 0.15) is 0 Å². The first-order valence-corrected chi connectivity index (χ1v) is 5.98. The fourth-order valence-electron chi connectivity index (χ4n) is 1.77. The third kappa shape index (κ3) is 5.21. The summed E-state index contributed by atoms with van der Waals surface area (Å²) in [5, 5.41) is 27.5. The summed E-state index contributed by atoms with van der Waals surface area (Å²) in [7, 11) is 0. The summed E-state index contributed by atoms with van der Waals surface area (Å²) >= 11 is 0. The third-order valence-corrected chi connectivity index (χ3v) is 2.71. The van der Waals surface area contributed by atoms with Crippen LogP contribution in [-0.4, -0.2) is 51.8 Å². The van der Waals surface area contributed by atoms with E-state index in [2.05, 4.69) is 6.58 Å². The Morgan fingerprint density at radius 1 is 1.15 bits per heavy atom. The molecule has 0 aromatic heterocycles. The molecule has 0 fully saturated rings. The van der Waals surface area contributed by atoms with E-state index in [0.29, 0.717) is 5.56 Å². The average molecular weight is 279 g/mol. The molecule has 0 saturated carbocycles. The number of rotatable bonds is 8. The van der Waals surface area contributed by atoms with E-state index in [-0.39, 0.29) is 6.54 Å². The number of benzene rings is 1. The van der Waals surface area contributed by atoms with Crippen molar-refractivity contribution in [2.24, 2.45) is 0 Å². The molecule has 0 bridgehead atoms. The molecule has 6 nitrogen and oxygen atoms in total. The average Bonchev–Trinajstić information content (AvgIpc) is 2.37. The SMILES string of the molecule is C=Cc1ccc(C(O)CN(CC(=O)O)CC(=O)O)cc1. The number of hydrogen-bond donors (Lipinski definition) is 3. The summed E-state index contributed by atoms with van der Waals surface area (Å²) < 4.78 is 0. The molecule has 20 heavy (non-hydrogen) atoms. The van der Waals surface area contributed by atoms with Crippen LogP contribution < -0.4 is 0 Å². The van der Waals surface area contributed by atoms with Crippen LogP contribution in [0.2, 0.25) is 0 Å². The summed E-state index contributed by atoms with van der Waals surface area (Å²) in [4.78, 5) is 22.5. The van der Waals surface area contributed by atoms with Gasteiger partial charge in [0.05, 0.1) is 19.2 Å². The first-order chi connectivity index (χ1) is 9.42. The maximum absolute atomic E-state index is 10.7. The molecule has 0 radical (unpaired) electrons. The van der Waals surface area contributed by atoms with E-state index in [1.807, 2.05) is 0 Å². The summed E-state index contributed by atoms with van der Waals surface area (Å²) in [5.41, 5.74) is 1.49. The zero-order valence-electron chi connectivity index (χ0n) is 10.9. The lowest BCUT2D eigenvalue weighted by Gasteiger charge is -2.21. The van der Waals surface area contributed by atoms with Crippen LogP contribution in [0.15, 0.2) is 30.8 Å². The second-order valence-electron chi connectivity index (χ2n) is 4.34. The molecule has 0 aliphatic rings. The number of nitrogens with zero attached hydrogens (tertiary/aromatic N) is 1. The first kappa shape index (κ1) is 15.9. The Hall–Kier alpha value is -2.18. The van der Waals surface area contributed by atoms with Gasteiger partial charge in [0.25, 0.3) is 0 Å². The summed E-state index contributed by atoms with van der Waals surface area (Å²) in [5.74, 6) is -2.28. The number of aliphatic hydroxyl groups is 1. The van der Waals surface area contributed by atoms with Gasteiger partial charge in [0.2, 0.25) is 0 Å². The van der Waals surface area contributed by atoms with E-state index >= 15 is 0 Å². The predicted molar refractivity (Wildman–Crippen MR) is 73.2 cm³/mol. The lowest BCUT2D eigenvalue weighted by molar-refractivity contribution is -0.142. The highest BCUT2D eigenvalue weighted by atomic mass is 16.4. The lowest BCUT2D eigenvalue weighted by atomic mass is 10.1. The second-order valence-corrected chi connectivity index (χ2v) is 4.34. The highest BCUT2D eigenvalue weighted by molar-refractivity contribution is 5.72. The van der Waals surface area contributed by atoms with Crippen molar-refractivity contribution in [3.8, 4) is 0 Å². The lowest BCUT2D eigenvalue weighted by Crippen LogP contribution is -2.37. The van der Waals surface area contributed by atoms with Gasteiger partial charge in [-0.1, -0.05) is 36.9 Å². The summed E-state index contributed by atoms with van der Waals surface area (Å²) in [6.45, 7) is 2.68. The van der Waals surface area contributed by atoms with Crippen molar-refractivity contribution in [1.82, 2.24) is 4.90 Å². The van der Waals surface area contributed by atoms with Gasteiger partial charge in [-0.2, -0.15) is 0 Å². The number of carboxylic acids is 2. The van der Waals surface area contributed by atoms with E-state index < -0.39 is 31.1 Å². The molecule has 3 N–H and O–H groups in total. The van der Waals surface area contributed by atoms with Crippen LogP contribution in [0.4, 0.5) is 0 Å². The van der Waals surface area contributed by atoms with Gasteiger partial charge in [-0.3, -0.25) is 14.5 Å². The van der Waals surface area contributed by atoms with Crippen LogP contribution in [0.5, 0.6) is 0 Å². The van der Waals surface area contributed by atoms with Crippen molar-refractivity contribution < 1.29 is 24.9 Å². The molecule has 6 heteroatoms. The Morgan fingerprint density at radius 2 is 1.65 bits per heavy atom. The Balaban J connectivity index is 2.72. The van der Waals surface area contributed by atoms with Crippen molar-refractivity contribution >= 4 is 18.0 Å². The van der Waals surface area contributed by atoms with Crippen LogP contribution in [0, 0.1) is 0 Å². The molecular weight excluding hydrogens is 262 g/mol. The second kappa shape index (κ2) is 7.42. The molecule has 1 unspecified atom stereocenters. The molecule has 1 aromatic carbocycles. The molecule has 0 aliphatic carbocycles. The van der Waals surface area contributed by atoms with Crippen molar-refractivity contribution in [2.45, 2.75) is 6.10 Å². The Morgan fingerprint density at radius 3 is 2.05 bits per heavy atom. The van der Waals surface area contributed by atoms with Gasteiger partial charge in [0, 0.05) is 6.54 Å². The van der Waals surface area contributed by atoms with Crippen LogP contribution in [0.25, 0.3) is 6.08 Å². The Labute approximate surface area is 116 Å². The van der Waals surface area contributed by atoms with Crippen LogP contribution in [0.3, 0.4) is 0 Å². The van der Waals surface area contributed by atoms with Crippen molar-refractivity contribution in [1.29, 1.82) is 0 Å². The van der Waals surface area contributed by atoms with Crippen LogP contribution in [-0.2, 0) is 9.59 Å². The standard InChI is InChI=1S/C14H17NO5/c1-2-10-3-5-11(6-4-10)12(16)7-15(8-13(17)18)9-14(19)20/h2-6,12,16H,1,7-9H2,(H,17,18)(H,19,20). The summed E-state index contributed by atoms with van der Waals surface area (Å²) in [6, 6.07) is 6.93. The first-order valence-electron chi connectivity index (χ1n) is 5.98.